The lowest BCUT2D eigenvalue weighted by Gasteiger charge is -2.21. The molecule has 0 radical (unpaired) electrons. The van der Waals surface area contributed by atoms with Crippen LogP contribution in [-0.2, 0) is 16.9 Å². The van der Waals surface area contributed by atoms with Crippen LogP contribution < -0.4 is 16.0 Å². The van der Waals surface area contributed by atoms with Crippen molar-refractivity contribution in [2.24, 2.45) is 0 Å². The van der Waals surface area contributed by atoms with E-state index >= 15 is 0 Å². The molecule has 8 heteroatoms. The van der Waals surface area contributed by atoms with Crippen LogP contribution in [-0.4, -0.2) is 22.8 Å². The van der Waals surface area contributed by atoms with E-state index in [2.05, 4.69) is 16.0 Å². The second kappa shape index (κ2) is 8.85. The number of nitrogens with zero attached hydrogens (tertiary/aromatic N) is 1. The molecule has 1 aromatic heterocycles. The largest absolute Gasteiger partial charge is 0.348 e. The van der Waals surface area contributed by atoms with Crippen LogP contribution in [0.3, 0.4) is 0 Å². The predicted molar refractivity (Wildman–Crippen MR) is 134 cm³/mol. The van der Waals surface area contributed by atoms with Crippen molar-refractivity contribution in [2.45, 2.75) is 19.0 Å². The highest BCUT2D eigenvalue weighted by atomic mass is 35.5. The zero-order valence-corrected chi connectivity index (χ0v) is 19.5. The number of fused-ring (bicyclic) bond motifs is 1. The molecule has 0 saturated carbocycles. The number of pyridine rings is 1. The van der Waals surface area contributed by atoms with E-state index in [0.29, 0.717) is 27.4 Å². The maximum atomic E-state index is 13.2. The topological polar surface area (TPSA) is 100 Å². The van der Waals surface area contributed by atoms with Gasteiger partial charge in [-0.3, -0.25) is 14.9 Å². The summed E-state index contributed by atoms with van der Waals surface area (Å²) in [6, 6.07) is 23.3. The third kappa shape index (κ3) is 4.22. The standard InChI is InChI=1S/C27H21ClN4O3/c1-27(25(34)31-26(35)32-27)17-12-10-16(11-13-17)15-29-24(33)20-14-23(19-7-2-4-8-21(19)28)30-22-9-5-3-6-18(20)22/h2-14H,15H2,1H3,(H,29,33)(H2,31,32,34,35). The first-order chi connectivity index (χ1) is 16.8. The Kier molecular flexibility index (Phi) is 5.70. The molecular formula is C27H21ClN4O3. The van der Waals surface area contributed by atoms with Crippen molar-refractivity contribution in [1.29, 1.82) is 0 Å². The molecule has 7 nitrogen and oxygen atoms in total. The van der Waals surface area contributed by atoms with Gasteiger partial charge in [0.25, 0.3) is 11.8 Å². The zero-order chi connectivity index (χ0) is 24.6. The van der Waals surface area contributed by atoms with Gasteiger partial charge in [0.2, 0.25) is 0 Å². The maximum Gasteiger partial charge on any atom is 0.322 e. The third-order valence-electron chi connectivity index (χ3n) is 6.14. The van der Waals surface area contributed by atoms with Gasteiger partial charge in [-0.15, -0.1) is 0 Å². The van der Waals surface area contributed by atoms with Crippen LogP contribution in [0.25, 0.3) is 22.2 Å². The van der Waals surface area contributed by atoms with Crippen LogP contribution in [0.15, 0.2) is 78.9 Å². The molecule has 1 fully saturated rings. The number of amides is 4. The summed E-state index contributed by atoms with van der Waals surface area (Å²) < 4.78 is 0. The Bertz CT molecular complexity index is 1490. The summed E-state index contributed by atoms with van der Waals surface area (Å²) in [4.78, 5) is 41.6. The van der Waals surface area contributed by atoms with Crippen molar-refractivity contribution in [2.75, 3.05) is 0 Å². The quantitative estimate of drug-likeness (QED) is 0.362. The van der Waals surface area contributed by atoms with Crippen LogP contribution in [0.1, 0.15) is 28.4 Å². The highest BCUT2D eigenvalue weighted by molar-refractivity contribution is 6.33. The van der Waals surface area contributed by atoms with Gasteiger partial charge >= 0.3 is 6.03 Å². The van der Waals surface area contributed by atoms with Crippen LogP contribution in [0.2, 0.25) is 5.02 Å². The first kappa shape index (κ1) is 22.6. The van der Waals surface area contributed by atoms with E-state index in [0.717, 1.165) is 16.5 Å². The van der Waals surface area contributed by atoms with Gasteiger partial charge in [0.15, 0.2) is 0 Å². The molecule has 1 aliphatic rings. The molecule has 1 aliphatic heterocycles. The number of urea groups is 1. The van der Waals surface area contributed by atoms with Crippen molar-refractivity contribution in [3.05, 3.63) is 101 Å². The second-order valence-corrected chi connectivity index (χ2v) is 8.87. The highest BCUT2D eigenvalue weighted by Gasteiger charge is 2.43. The molecule has 3 aromatic carbocycles. The summed E-state index contributed by atoms with van der Waals surface area (Å²) in [5, 5.41) is 9.16. The normalized spacial score (nSPS) is 17.2. The van der Waals surface area contributed by atoms with Gasteiger partial charge in [-0.05, 0) is 36.2 Å². The third-order valence-corrected chi connectivity index (χ3v) is 6.47. The van der Waals surface area contributed by atoms with Gasteiger partial charge < -0.3 is 10.6 Å². The molecule has 0 aliphatic carbocycles. The lowest BCUT2D eigenvalue weighted by atomic mass is 9.91. The minimum Gasteiger partial charge on any atom is -0.348 e. The SMILES string of the molecule is CC1(c2ccc(CNC(=O)c3cc(-c4ccccc4Cl)nc4ccccc34)cc2)NC(=O)NC1=O. The number of hydrogen-bond donors (Lipinski definition) is 3. The number of imide groups is 1. The fourth-order valence-corrected chi connectivity index (χ4v) is 4.38. The Morgan fingerprint density at radius 1 is 1.00 bits per heavy atom. The lowest BCUT2D eigenvalue weighted by Crippen LogP contribution is -2.40. The summed E-state index contributed by atoms with van der Waals surface area (Å²) in [6.07, 6.45) is 0. The van der Waals surface area contributed by atoms with Crippen molar-refractivity contribution in [3.63, 3.8) is 0 Å². The molecule has 2 heterocycles. The van der Waals surface area contributed by atoms with Crippen LogP contribution in [0.5, 0.6) is 0 Å². The molecule has 4 amide bonds. The van der Waals surface area contributed by atoms with E-state index in [1.54, 1.807) is 31.2 Å². The fraction of sp³-hybridized carbons (Fsp3) is 0.111. The molecule has 0 spiro atoms. The van der Waals surface area contributed by atoms with Gasteiger partial charge in [0.05, 0.1) is 16.8 Å². The summed E-state index contributed by atoms with van der Waals surface area (Å²) in [5.74, 6) is -0.641. The highest BCUT2D eigenvalue weighted by Crippen LogP contribution is 2.30. The summed E-state index contributed by atoms with van der Waals surface area (Å²) >= 11 is 6.38. The Morgan fingerprint density at radius 3 is 2.43 bits per heavy atom. The lowest BCUT2D eigenvalue weighted by molar-refractivity contribution is -0.123. The first-order valence-electron chi connectivity index (χ1n) is 11.0. The van der Waals surface area contributed by atoms with Crippen LogP contribution in [0.4, 0.5) is 4.79 Å². The minimum absolute atomic E-state index is 0.240. The zero-order valence-electron chi connectivity index (χ0n) is 18.8. The molecule has 1 atom stereocenters. The molecule has 4 aromatic rings. The minimum atomic E-state index is -1.12. The molecule has 0 bridgehead atoms. The summed E-state index contributed by atoms with van der Waals surface area (Å²) in [7, 11) is 0. The van der Waals surface area contributed by atoms with Gasteiger partial charge in [-0.1, -0.05) is 72.3 Å². The Labute approximate surface area is 206 Å². The van der Waals surface area contributed by atoms with Gasteiger partial charge in [0, 0.05) is 22.5 Å². The number of para-hydroxylation sites is 1. The summed E-state index contributed by atoms with van der Waals surface area (Å²) in [6.45, 7) is 1.93. The van der Waals surface area contributed by atoms with E-state index < -0.39 is 17.5 Å². The average Bonchev–Trinajstić information content (AvgIpc) is 3.14. The molecule has 1 saturated heterocycles. The van der Waals surface area contributed by atoms with E-state index in [9.17, 15) is 14.4 Å². The first-order valence-corrected chi connectivity index (χ1v) is 11.4. The second-order valence-electron chi connectivity index (χ2n) is 8.46. The number of halogens is 1. The molecule has 174 valence electrons. The van der Waals surface area contributed by atoms with Crippen molar-refractivity contribution < 1.29 is 14.4 Å². The molecule has 3 N–H and O–H groups in total. The number of rotatable bonds is 5. The predicted octanol–water partition coefficient (Wildman–Crippen LogP) is 4.54. The number of aromatic nitrogens is 1. The number of carbonyl (C=O) groups excluding carboxylic acids is 3. The van der Waals surface area contributed by atoms with Crippen LogP contribution in [0, 0.1) is 0 Å². The maximum absolute atomic E-state index is 13.2. The van der Waals surface area contributed by atoms with Gasteiger partial charge in [-0.2, -0.15) is 0 Å². The van der Waals surface area contributed by atoms with Crippen LogP contribution >= 0.6 is 11.6 Å². The number of nitrogens with one attached hydrogen (secondary N) is 3. The number of benzene rings is 3. The van der Waals surface area contributed by atoms with Crippen molar-refractivity contribution in [1.82, 2.24) is 20.9 Å². The molecule has 35 heavy (non-hydrogen) atoms. The van der Waals surface area contributed by atoms with Crippen molar-refractivity contribution in [3.8, 4) is 11.3 Å². The molecule has 1 unspecified atom stereocenters. The van der Waals surface area contributed by atoms with E-state index in [4.69, 9.17) is 16.6 Å². The summed E-state index contributed by atoms with van der Waals surface area (Å²) in [5.41, 5.74) is 2.95. The number of hydrogen-bond acceptors (Lipinski definition) is 4. The van der Waals surface area contributed by atoms with Crippen molar-refractivity contribution >= 4 is 40.3 Å². The number of carbonyl (C=O) groups is 3. The fourth-order valence-electron chi connectivity index (χ4n) is 4.15. The smallest absolute Gasteiger partial charge is 0.322 e. The van der Waals surface area contributed by atoms with Gasteiger partial charge in [0.1, 0.15) is 5.54 Å². The Hall–Kier alpha value is -4.23. The molecular weight excluding hydrogens is 464 g/mol. The Morgan fingerprint density at radius 2 is 1.71 bits per heavy atom. The van der Waals surface area contributed by atoms with Gasteiger partial charge in [-0.25, -0.2) is 9.78 Å². The Balaban J connectivity index is 1.39. The monoisotopic (exact) mass is 484 g/mol. The van der Waals surface area contributed by atoms with E-state index in [1.807, 2.05) is 54.6 Å². The molecule has 5 rings (SSSR count). The van der Waals surface area contributed by atoms with E-state index in [1.165, 1.54) is 0 Å². The average molecular weight is 485 g/mol. The van der Waals surface area contributed by atoms with E-state index in [-0.39, 0.29) is 12.5 Å².